The van der Waals surface area contributed by atoms with Crippen molar-refractivity contribution in [1.29, 1.82) is 0 Å². The summed E-state index contributed by atoms with van der Waals surface area (Å²) in [6, 6.07) is 10.6. The van der Waals surface area contributed by atoms with Crippen LogP contribution in [0.2, 0.25) is 0 Å². The molecule has 0 saturated carbocycles. The molecule has 0 aliphatic carbocycles. The summed E-state index contributed by atoms with van der Waals surface area (Å²) in [7, 11) is 0. The third-order valence-electron chi connectivity index (χ3n) is 4.81. The van der Waals surface area contributed by atoms with Crippen LogP contribution in [0.5, 0.6) is 0 Å². The second-order valence-corrected chi connectivity index (χ2v) is 6.84. The Morgan fingerprint density at radius 1 is 1.06 bits per heavy atom. The van der Waals surface area contributed by atoms with Crippen LogP contribution in [-0.4, -0.2) is 27.4 Å². The van der Waals surface area contributed by atoms with Crippen LogP contribution in [0.4, 0.5) is 17.6 Å². The predicted molar refractivity (Wildman–Crippen MR) is 107 cm³/mol. The molecule has 2 N–H and O–H groups in total. The highest BCUT2D eigenvalue weighted by Gasteiger charge is 2.31. The first kappa shape index (κ1) is 20.5. The van der Waals surface area contributed by atoms with Gasteiger partial charge in [-0.25, -0.2) is 9.37 Å². The van der Waals surface area contributed by atoms with Gasteiger partial charge in [0.2, 0.25) is 0 Å². The number of carbonyl (C=O) groups excluding carboxylic acids is 1. The van der Waals surface area contributed by atoms with Gasteiger partial charge in [-0.15, -0.1) is 0 Å². The van der Waals surface area contributed by atoms with Crippen LogP contribution in [0.15, 0.2) is 61.1 Å². The van der Waals surface area contributed by atoms with Gasteiger partial charge in [0.05, 0.1) is 22.9 Å². The number of fused-ring (bicyclic) bond motifs is 1. The van der Waals surface area contributed by atoms with Crippen molar-refractivity contribution in [2.45, 2.75) is 12.6 Å². The first-order valence-electron chi connectivity index (χ1n) is 9.35. The molecule has 4 rings (SSSR count). The van der Waals surface area contributed by atoms with E-state index in [2.05, 4.69) is 20.3 Å². The third kappa shape index (κ3) is 4.40. The summed E-state index contributed by atoms with van der Waals surface area (Å²) >= 11 is 0. The molecule has 4 aromatic rings. The van der Waals surface area contributed by atoms with Crippen LogP contribution in [0.1, 0.15) is 21.5 Å². The highest BCUT2D eigenvalue weighted by molar-refractivity contribution is 5.97. The third-order valence-corrected chi connectivity index (χ3v) is 4.81. The number of nitrogens with one attached hydrogen (secondary N) is 2. The van der Waals surface area contributed by atoms with E-state index in [9.17, 15) is 22.4 Å². The van der Waals surface area contributed by atoms with E-state index in [-0.39, 0.29) is 30.1 Å². The molecule has 5 nitrogen and oxygen atoms in total. The molecule has 0 radical (unpaired) electrons. The van der Waals surface area contributed by atoms with Crippen LogP contribution >= 0.6 is 0 Å². The van der Waals surface area contributed by atoms with Crippen molar-refractivity contribution in [2.24, 2.45) is 0 Å². The Balaban J connectivity index is 1.55. The van der Waals surface area contributed by atoms with Crippen LogP contribution in [0.3, 0.4) is 0 Å². The van der Waals surface area contributed by atoms with Gasteiger partial charge >= 0.3 is 6.18 Å². The largest absolute Gasteiger partial charge is 0.416 e. The van der Waals surface area contributed by atoms with E-state index in [0.717, 1.165) is 23.7 Å². The van der Waals surface area contributed by atoms with Crippen molar-refractivity contribution in [1.82, 2.24) is 20.3 Å². The van der Waals surface area contributed by atoms with Gasteiger partial charge in [-0.3, -0.25) is 9.78 Å². The van der Waals surface area contributed by atoms with E-state index < -0.39 is 17.6 Å². The van der Waals surface area contributed by atoms with Gasteiger partial charge in [-0.2, -0.15) is 13.2 Å². The number of H-pyrrole nitrogens is 1. The molecule has 1 amide bonds. The first-order valence-corrected chi connectivity index (χ1v) is 9.35. The fraction of sp³-hybridized carbons (Fsp3) is 0.136. The molecule has 2 aromatic carbocycles. The number of amides is 1. The van der Waals surface area contributed by atoms with Gasteiger partial charge in [0.15, 0.2) is 0 Å². The molecule has 9 heteroatoms. The number of alkyl halides is 3. The Morgan fingerprint density at radius 2 is 1.90 bits per heavy atom. The van der Waals surface area contributed by atoms with E-state index in [1.165, 1.54) is 24.7 Å². The lowest BCUT2D eigenvalue weighted by Crippen LogP contribution is -2.25. The number of imidazole rings is 1. The molecule has 0 atom stereocenters. The predicted octanol–water partition coefficient (Wildman–Crippen LogP) is 4.76. The highest BCUT2D eigenvalue weighted by Crippen LogP contribution is 2.34. The quantitative estimate of drug-likeness (QED) is 0.451. The number of hydrogen-bond donors (Lipinski definition) is 2. The Bertz CT molecular complexity index is 1250. The monoisotopic (exact) mass is 428 g/mol. The van der Waals surface area contributed by atoms with E-state index in [1.807, 2.05) is 0 Å². The average molecular weight is 428 g/mol. The maximum absolute atomic E-state index is 14.2. The molecule has 2 heterocycles. The summed E-state index contributed by atoms with van der Waals surface area (Å²) in [5, 5.41) is 2.73. The van der Waals surface area contributed by atoms with Gasteiger partial charge in [0, 0.05) is 23.9 Å². The molecule has 158 valence electrons. The summed E-state index contributed by atoms with van der Waals surface area (Å²) in [5.74, 6) is -1.06. The van der Waals surface area contributed by atoms with Crippen LogP contribution in [0, 0.1) is 5.82 Å². The minimum atomic E-state index is -4.57. The number of rotatable bonds is 5. The second kappa shape index (κ2) is 8.17. The minimum absolute atomic E-state index is 0.0426. The molecular formula is C22H16F4N4O. The van der Waals surface area contributed by atoms with Crippen molar-refractivity contribution >= 4 is 16.9 Å². The molecule has 0 fully saturated rings. The standard InChI is InChI=1S/C22H16F4N4O/c23-17-2-1-8-27-20(17)16-11-15(22(24,25)26)5-3-13(16)7-9-28-21(31)14-4-6-18-19(10-14)30-12-29-18/h1-6,8,10-12H,7,9H2,(H,28,31)(H,29,30). The van der Waals surface area contributed by atoms with E-state index in [0.29, 0.717) is 16.6 Å². The summed E-state index contributed by atoms with van der Waals surface area (Å²) in [5.41, 5.74) is 1.27. The maximum Gasteiger partial charge on any atom is 0.416 e. The maximum atomic E-state index is 14.2. The van der Waals surface area contributed by atoms with Gasteiger partial charge in [0.1, 0.15) is 11.5 Å². The normalized spacial score (nSPS) is 11.6. The summed E-state index contributed by atoms with van der Waals surface area (Å²) in [6.07, 6.45) is -1.54. The first-order chi connectivity index (χ1) is 14.8. The van der Waals surface area contributed by atoms with Crippen molar-refractivity contribution < 1.29 is 22.4 Å². The lowest BCUT2D eigenvalue weighted by Gasteiger charge is -2.14. The van der Waals surface area contributed by atoms with Crippen molar-refractivity contribution in [2.75, 3.05) is 6.54 Å². The minimum Gasteiger partial charge on any atom is -0.352 e. The second-order valence-electron chi connectivity index (χ2n) is 6.84. The SMILES string of the molecule is O=C(NCCc1ccc(C(F)(F)F)cc1-c1ncccc1F)c1ccc2nc[nH]c2c1. The molecule has 0 aliphatic heterocycles. The summed E-state index contributed by atoms with van der Waals surface area (Å²) < 4.78 is 53.7. The van der Waals surface area contributed by atoms with Gasteiger partial charge in [0.25, 0.3) is 5.91 Å². The van der Waals surface area contributed by atoms with Crippen molar-refractivity contribution in [3.05, 3.63) is 83.6 Å². The molecule has 0 bridgehead atoms. The number of benzene rings is 2. The van der Waals surface area contributed by atoms with Crippen LogP contribution < -0.4 is 5.32 Å². The Kier molecular flexibility index (Phi) is 5.41. The zero-order valence-electron chi connectivity index (χ0n) is 16.0. The number of halogens is 4. The van der Waals surface area contributed by atoms with Crippen LogP contribution in [0.25, 0.3) is 22.3 Å². The highest BCUT2D eigenvalue weighted by atomic mass is 19.4. The molecule has 0 aliphatic rings. The zero-order chi connectivity index (χ0) is 22.0. The molecule has 0 spiro atoms. The summed E-state index contributed by atoms with van der Waals surface area (Å²) in [6.45, 7) is 0.145. The Labute approximate surface area is 174 Å². The number of aromatic amines is 1. The number of carbonyl (C=O) groups is 1. The zero-order valence-corrected chi connectivity index (χ0v) is 16.0. The Hall–Kier alpha value is -3.75. The lowest BCUT2D eigenvalue weighted by atomic mass is 9.98. The topological polar surface area (TPSA) is 70.7 Å². The van der Waals surface area contributed by atoms with Crippen molar-refractivity contribution in [3.63, 3.8) is 0 Å². The fourth-order valence-electron chi connectivity index (χ4n) is 3.26. The number of aromatic nitrogens is 3. The average Bonchev–Trinajstić information content (AvgIpc) is 3.21. The number of nitrogens with zero attached hydrogens (tertiary/aromatic N) is 2. The van der Waals surface area contributed by atoms with E-state index in [1.54, 1.807) is 18.2 Å². The molecule has 31 heavy (non-hydrogen) atoms. The van der Waals surface area contributed by atoms with Gasteiger partial charge in [-0.1, -0.05) is 6.07 Å². The van der Waals surface area contributed by atoms with Crippen LogP contribution in [-0.2, 0) is 12.6 Å². The molecular weight excluding hydrogens is 412 g/mol. The lowest BCUT2D eigenvalue weighted by molar-refractivity contribution is -0.137. The number of hydrogen-bond acceptors (Lipinski definition) is 3. The fourth-order valence-corrected chi connectivity index (χ4v) is 3.26. The smallest absolute Gasteiger partial charge is 0.352 e. The number of pyridine rings is 1. The summed E-state index contributed by atoms with van der Waals surface area (Å²) in [4.78, 5) is 23.3. The van der Waals surface area contributed by atoms with Crippen molar-refractivity contribution in [3.8, 4) is 11.3 Å². The van der Waals surface area contributed by atoms with Gasteiger partial charge < -0.3 is 10.3 Å². The van der Waals surface area contributed by atoms with E-state index in [4.69, 9.17) is 0 Å². The molecule has 2 aromatic heterocycles. The van der Waals surface area contributed by atoms with Gasteiger partial charge in [-0.05, 0) is 54.4 Å². The molecule has 0 unspecified atom stereocenters. The van der Waals surface area contributed by atoms with E-state index >= 15 is 0 Å². The Morgan fingerprint density at radius 3 is 2.68 bits per heavy atom. The molecule has 0 saturated heterocycles.